The summed E-state index contributed by atoms with van der Waals surface area (Å²) in [7, 11) is 0. The molecule has 0 fully saturated rings. The quantitative estimate of drug-likeness (QED) is 0.729. The van der Waals surface area contributed by atoms with Crippen LogP contribution in [-0.4, -0.2) is 27.2 Å². The highest BCUT2D eigenvalue weighted by Gasteiger charge is 2.13. The predicted molar refractivity (Wildman–Crippen MR) is 102 cm³/mol. The summed E-state index contributed by atoms with van der Waals surface area (Å²) in [5.74, 6) is 0.202. The molecule has 0 saturated carbocycles. The summed E-state index contributed by atoms with van der Waals surface area (Å²) in [5.41, 5.74) is 2.82. The second-order valence-corrected chi connectivity index (χ2v) is 6.13. The molecular weight excluding hydrogens is 342 g/mol. The topological polar surface area (TPSA) is 104 Å². The van der Waals surface area contributed by atoms with Crippen molar-refractivity contribution in [3.05, 3.63) is 69.8 Å². The van der Waals surface area contributed by atoms with Gasteiger partial charge in [-0.1, -0.05) is 13.0 Å². The molecular formula is C20H19N5O2. The second-order valence-electron chi connectivity index (χ2n) is 6.13. The van der Waals surface area contributed by atoms with Gasteiger partial charge in [-0.3, -0.25) is 14.7 Å². The molecule has 136 valence electrons. The minimum Gasteiger partial charge on any atom is -0.352 e. The summed E-state index contributed by atoms with van der Waals surface area (Å²) >= 11 is 0. The molecule has 0 bridgehead atoms. The first-order valence-corrected chi connectivity index (χ1v) is 8.61. The first kappa shape index (κ1) is 18.1. The van der Waals surface area contributed by atoms with E-state index in [1.54, 1.807) is 36.5 Å². The summed E-state index contributed by atoms with van der Waals surface area (Å²) in [6.45, 7) is 4.44. The number of nitrogens with one attached hydrogen (secondary N) is 2. The number of rotatable bonds is 5. The summed E-state index contributed by atoms with van der Waals surface area (Å²) in [4.78, 5) is 29.0. The van der Waals surface area contributed by atoms with Crippen molar-refractivity contribution >= 4 is 5.91 Å². The number of H-pyrrole nitrogens is 1. The number of amides is 1. The molecule has 0 aliphatic carbocycles. The molecule has 2 heterocycles. The second kappa shape index (κ2) is 7.70. The maximum absolute atomic E-state index is 12.8. The number of carbonyl (C=O) groups is 1. The zero-order valence-electron chi connectivity index (χ0n) is 15.1. The molecule has 1 amide bonds. The van der Waals surface area contributed by atoms with Gasteiger partial charge in [0.1, 0.15) is 0 Å². The van der Waals surface area contributed by atoms with E-state index in [0.717, 1.165) is 17.5 Å². The number of benzene rings is 1. The molecule has 0 atom stereocenters. The maximum Gasteiger partial charge on any atom is 0.280 e. The Morgan fingerprint density at radius 3 is 2.74 bits per heavy atom. The zero-order valence-corrected chi connectivity index (χ0v) is 15.1. The fourth-order valence-corrected chi connectivity index (χ4v) is 2.76. The number of aromatic nitrogens is 3. The van der Waals surface area contributed by atoms with Gasteiger partial charge in [-0.25, -0.2) is 9.67 Å². The van der Waals surface area contributed by atoms with Gasteiger partial charge >= 0.3 is 0 Å². The molecule has 7 nitrogen and oxygen atoms in total. The number of pyridine rings is 1. The van der Waals surface area contributed by atoms with Crippen LogP contribution in [0.1, 0.15) is 34.8 Å². The van der Waals surface area contributed by atoms with Crippen LogP contribution in [0.5, 0.6) is 0 Å². The van der Waals surface area contributed by atoms with E-state index in [9.17, 15) is 9.59 Å². The Balaban J connectivity index is 1.91. The Morgan fingerprint density at radius 1 is 1.30 bits per heavy atom. The molecule has 0 radical (unpaired) electrons. The molecule has 2 N–H and O–H groups in total. The Hall–Kier alpha value is -3.66. The van der Waals surface area contributed by atoms with Gasteiger partial charge in [0.05, 0.1) is 22.8 Å². The maximum atomic E-state index is 12.8. The highest BCUT2D eigenvalue weighted by Crippen LogP contribution is 2.21. The highest BCUT2D eigenvalue weighted by atomic mass is 16.1. The number of aromatic amines is 1. The normalized spacial score (nSPS) is 10.4. The van der Waals surface area contributed by atoms with Crippen molar-refractivity contribution in [2.75, 3.05) is 6.54 Å². The molecule has 0 aliphatic rings. The molecule has 1 aromatic carbocycles. The molecule has 3 rings (SSSR count). The number of nitrogens with zero attached hydrogens (tertiary/aromatic N) is 3. The lowest BCUT2D eigenvalue weighted by molar-refractivity contribution is 0.0953. The monoisotopic (exact) mass is 361 g/mol. The van der Waals surface area contributed by atoms with Crippen molar-refractivity contribution < 1.29 is 4.79 Å². The van der Waals surface area contributed by atoms with Gasteiger partial charge in [0.2, 0.25) is 0 Å². The SMILES string of the molecule is CCCNC(=O)c1ccc(-n2[nH]cc(-c3ccc(C#N)cc3C)c2=O)nc1. The fraction of sp³-hybridized carbons (Fsp3) is 0.200. The molecule has 0 aliphatic heterocycles. The molecule has 0 unspecified atom stereocenters. The van der Waals surface area contributed by atoms with Gasteiger partial charge in [0.25, 0.3) is 11.5 Å². The van der Waals surface area contributed by atoms with Gasteiger partial charge < -0.3 is 5.32 Å². The summed E-state index contributed by atoms with van der Waals surface area (Å²) in [5, 5.41) is 14.7. The number of hydrogen-bond donors (Lipinski definition) is 2. The van der Waals surface area contributed by atoms with E-state index < -0.39 is 0 Å². The van der Waals surface area contributed by atoms with Crippen LogP contribution < -0.4 is 10.9 Å². The van der Waals surface area contributed by atoms with Crippen molar-refractivity contribution in [2.24, 2.45) is 0 Å². The van der Waals surface area contributed by atoms with E-state index in [1.165, 1.54) is 10.9 Å². The van der Waals surface area contributed by atoms with Crippen molar-refractivity contribution in [3.8, 4) is 23.0 Å². The van der Waals surface area contributed by atoms with Gasteiger partial charge in [0.15, 0.2) is 5.82 Å². The summed E-state index contributed by atoms with van der Waals surface area (Å²) in [6, 6.07) is 10.5. The third-order valence-corrected chi connectivity index (χ3v) is 4.19. The lowest BCUT2D eigenvalue weighted by atomic mass is 10.0. The van der Waals surface area contributed by atoms with Crippen molar-refractivity contribution in [3.63, 3.8) is 0 Å². The van der Waals surface area contributed by atoms with Crippen molar-refractivity contribution in [2.45, 2.75) is 20.3 Å². The molecule has 0 spiro atoms. The first-order chi connectivity index (χ1) is 13.0. The Labute approximate surface area is 156 Å². The van der Waals surface area contributed by atoms with E-state index >= 15 is 0 Å². The van der Waals surface area contributed by atoms with E-state index in [-0.39, 0.29) is 11.5 Å². The van der Waals surface area contributed by atoms with Gasteiger partial charge in [0, 0.05) is 18.9 Å². The average Bonchev–Trinajstić information content (AvgIpc) is 3.07. The Morgan fingerprint density at radius 2 is 2.11 bits per heavy atom. The highest BCUT2D eigenvalue weighted by molar-refractivity contribution is 5.93. The molecule has 27 heavy (non-hydrogen) atoms. The minimum absolute atomic E-state index is 0.191. The number of carbonyl (C=O) groups excluding carboxylic acids is 1. The van der Waals surface area contributed by atoms with Crippen LogP contribution in [0, 0.1) is 18.3 Å². The Kier molecular flexibility index (Phi) is 5.18. The average molecular weight is 361 g/mol. The summed E-state index contributed by atoms with van der Waals surface area (Å²) in [6.07, 6.45) is 3.91. The van der Waals surface area contributed by atoms with Crippen LogP contribution in [0.25, 0.3) is 16.9 Å². The third-order valence-electron chi connectivity index (χ3n) is 4.19. The van der Waals surface area contributed by atoms with E-state index in [1.807, 2.05) is 13.8 Å². The van der Waals surface area contributed by atoms with Gasteiger partial charge in [-0.15, -0.1) is 0 Å². The Bertz CT molecular complexity index is 1070. The first-order valence-electron chi connectivity index (χ1n) is 8.61. The van der Waals surface area contributed by atoms with Crippen LogP contribution in [0.2, 0.25) is 0 Å². The minimum atomic E-state index is -0.251. The van der Waals surface area contributed by atoms with Crippen LogP contribution in [-0.2, 0) is 0 Å². The number of aryl methyl sites for hydroxylation is 1. The number of nitriles is 1. The van der Waals surface area contributed by atoms with Crippen LogP contribution in [0.15, 0.2) is 47.5 Å². The third kappa shape index (κ3) is 3.65. The molecule has 3 aromatic rings. The fourth-order valence-electron chi connectivity index (χ4n) is 2.76. The van der Waals surface area contributed by atoms with E-state index in [0.29, 0.717) is 29.1 Å². The largest absolute Gasteiger partial charge is 0.352 e. The van der Waals surface area contributed by atoms with Crippen molar-refractivity contribution in [1.29, 1.82) is 5.26 Å². The zero-order chi connectivity index (χ0) is 19.4. The van der Waals surface area contributed by atoms with Gasteiger partial charge in [-0.2, -0.15) is 5.26 Å². The summed E-state index contributed by atoms with van der Waals surface area (Å²) < 4.78 is 1.32. The van der Waals surface area contributed by atoms with Crippen LogP contribution >= 0.6 is 0 Å². The van der Waals surface area contributed by atoms with Gasteiger partial charge in [-0.05, 0) is 48.7 Å². The van der Waals surface area contributed by atoms with Crippen molar-refractivity contribution in [1.82, 2.24) is 20.1 Å². The number of hydrogen-bond acceptors (Lipinski definition) is 4. The molecule has 7 heteroatoms. The lowest BCUT2D eigenvalue weighted by Crippen LogP contribution is -2.24. The van der Waals surface area contributed by atoms with Crippen LogP contribution in [0.4, 0.5) is 0 Å². The van der Waals surface area contributed by atoms with Crippen LogP contribution in [0.3, 0.4) is 0 Å². The molecule has 0 saturated heterocycles. The van der Waals surface area contributed by atoms with E-state index in [4.69, 9.17) is 5.26 Å². The standard InChI is InChI=1S/C20H19N5O2/c1-3-8-22-19(26)15-5-7-18(23-11-15)25-20(27)17(12-24-25)16-6-4-14(10-21)9-13(16)2/h4-7,9,11-12,24H,3,8H2,1-2H3,(H,22,26). The smallest absolute Gasteiger partial charge is 0.280 e. The lowest BCUT2D eigenvalue weighted by Gasteiger charge is -2.05. The van der Waals surface area contributed by atoms with E-state index in [2.05, 4.69) is 21.5 Å². The predicted octanol–water partition coefficient (Wildman–Crippen LogP) is 2.55. The molecule has 2 aromatic heterocycles.